The van der Waals surface area contributed by atoms with Crippen molar-refractivity contribution < 1.29 is 18.7 Å². The number of nitrogen functional groups attached to an aromatic ring is 1. The van der Waals surface area contributed by atoms with Crippen molar-refractivity contribution in [2.24, 2.45) is 0 Å². The third-order valence-corrected chi connectivity index (χ3v) is 4.18. The fourth-order valence-electron chi connectivity index (χ4n) is 2.80. The van der Waals surface area contributed by atoms with E-state index in [0.29, 0.717) is 36.0 Å². The third kappa shape index (κ3) is 3.42. The summed E-state index contributed by atoms with van der Waals surface area (Å²) in [7, 11) is 0. The summed E-state index contributed by atoms with van der Waals surface area (Å²) in [6, 6.07) is 8.41. The number of nitrogens with two attached hydrogens (primary N) is 1. The van der Waals surface area contributed by atoms with E-state index in [1.807, 2.05) is 13.8 Å². The van der Waals surface area contributed by atoms with Gasteiger partial charge in [0.2, 0.25) is 5.91 Å². The van der Waals surface area contributed by atoms with Crippen LogP contribution in [-0.2, 0) is 9.59 Å². The number of ether oxygens (including phenoxy) is 1. The molecule has 136 valence electrons. The molecule has 0 radical (unpaired) electrons. The molecular formula is C19H21N3O4. The van der Waals surface area contributed by atoms with Crippen molar-refractivity contribution in [3.63, 3.8) is 0 Å². The van der Waals surface area contributed by atoms with Crippen molar-refractivity contribution in [1.82, 2.24) is 4.90 Å². The Hall–Kier alpha value is -3.22. The number of hydrogen-bond acceptors (Lipinski definition) is 5. The summed E-state index contributed by atoms with van der Waals surface area (Å²) in [5, 5.41) is 0. The van der Waals surface area contributed by atoms with E-state index in [-0.39, 0.29) is 18.2 Å². The van der Waals surface area contributed by atoms with Crippen molar-refractivity contribution >= 4 is 29.3 Å². The van der Waals surface area contributed by atoms with Gasteiger partial charge in [0.1, 0.15) is 12.3 Å². The quantitative estimate of drug-likeness (QED) is 0.657. The number of hydrogen-bond donors (Lipinski definition) is 1. The van der Waals surface area contributed by atoms with Gasteiger partial charge in [0.15, 0.2) is 11.5 Å². The van der Waals surface area contributed by atoms with Gasteiger partial charge in [-0.05, 0) is 38.1 Å². The van der Waals surface area contributed by atoms with Crippen molar-refractivity contribution in [3.8, 4) is 5.75 Å². The number of anilines is 2. The second-order valence-corrected chi connectivity index (χ2v) is 5.81. The Morgan fingerprint density at radius 2 is 2.04 bits per heavy atom. The van der Waals surface area contributed by atoms with Gasteiger partial charge < -0.3 is 19.8 Å². The minimum Gasteiger partial charge on any atom is -0.465 e. The van der Waals surface area contributed by atoms with Crippen LogP contribution < -0.4 is 15.4 Å². The topological polar surface area (TPSA) is 89.0 Å². The highest BCUT2D eigenvalue weighted by Crippen LogP contribution is 2.37. The minimum absolute atomic E-state index is 0.0731. The first-order valence-corrected chi connectivity index (χ1v) is 8.45. The molecule has 1 aliphatic heterocycles. The Morgan fingerprint density at radius 1 is 1.27 bits per heavy atom. The zero-order valence-corrected chi connectivity index (χ0v) is 14.8. The fourth-order valence-corrected chi connectivity index (χ4v) is 2.80. The number of rotatable bonds is 5. The molecule has 0 bridgehead atoms. The molecule has 0 atom stereocenters. The van der Waals surface area contributed by atoms with Crippen molar-refractivity contribution in [1.29, 1.82) is 0 Å². The van der Waals surface area contributed by atoms with E-state index >= 15 is 0 Å². The van der Waals surface area contributed by atoms with Crippen LogP contribution in [0.25, 0.3) is 6.08 Å². The molecule has 1 aromatic carbocycles. The minimum atomic E-state index is -0.404. The zero-order valence-electron chi connectivity index (χ0n) is 14.8. The van der Waals surface area contributed by atoms with Gasteiger partial charge in [0.05, 0.1) is 12.0 Å². The first-order valence-electron chi connectivity index (χ1n) is 8.45. The molecule has 2 heterocycles. The van der Waals surface area contributed by atoms with E-state index in [0.717, 1.165) is 0 Å². The lowest BCUT2D eigenvalue weighted by Crippen LogP contribution is -2.45. The predicted octanol–water partition coefficient (Wildman–Crippen LogP) is 2.50. The molecule has 0 saturated carbocycles. The van der Waals surface area contributed by atoms with Crippen LogP contribution in [0.4, 0.5) is 11.4 Å². The predicted molar refractivity (Wildman–Crippen MR) is 98.4 cm³/mol. The number of furan rings is 1. The van der Waals surface area contributed by atoms with Gasteiger partial charge >= 0.3 is 0 Å². The monoisotopic (exact) mass is 355 g/mol. The first-order chi connectivity index (χ1) is 12.5. The van der Waals surface area contributed by atoms with Gasteiger partial charge in [0.25, 0.3) is 5.91 Å². The number of fused-ring (bicyclic) bond motifs is 1. The molecule has 0 unspecified atom stereocenters. The van der Waals surface area contributed by atoms with E-state index in [1.165, 1.54) is 17.2 Å². The average molecular weight is 355 g/mol. The molecule has 0 fully saturated rings. The molecule has 0 saturated heterocycles. The van der Waals surface area contributed by atoms with E-state index in [2.05, 4.69) is 0 Å². The molecule has 1 aromatic heterocycles. The van der Waals surface area contributed by atoms with Crippen LogP contribution in [0.5, 0.6) is 5.75 Å². The highest BCUT2D eigenvalue weighted by Gasteiger charge is 2.32. The fraction of sp³-hybridized carbons (Fsp3) is 0.263. The molecule has 26 heavy (non-hydrogen) atoms. The van der Waals surface area contributed by atoms with Gasteiger partial charge in [-0.2, -0.15) is 0 Å². The largest absolute Gasteiger partial charge is 0.465 e. The summed E-state index contributed by atoms with van der Waals surface area (Å²) >= 11 is 0. The van der Waals surface area contributed by atoms with Gasteiger partial charge in [-0.1, -0.05) is 0 Å². The van der Waals surface area contributed by atoms with Crippen molar-refractivity contribution in [3.05, 3.63) is 48.1 Å². The Bertz CT molecular complexity index is 838. The lowest BCUT2D eigenvalue weighted by atomic mass is 10.2. The van der Waals surface area contributed by atoms with Gasteiger partial charge in [0, 0.05) is 30.9 Å². The molecular weight excluding hydrogens is 334 g/mol. The lowest BCUT2D eigenvalue weighted by Gasteiger charge is -2.31. The van der Waals surface area contributed by atoms with Crippen molar-refractivity contribution in [2.75, 3.05) is 30.3 Å². The molecule has 2 amide bonds. The number of amides is 2. The Labute approximate surface area is 151 Å². The molecule has 1 aliphatic rings. The summed E-state index contributed by atoms with van der Waals surface area (Å²) in [6.07, 6.45) is 3.01. The molecule has 7 heteroatoms. The van der Waals surface area contributed by atoms with Crippen LogP contribution in [-0.4, -0.2) is 36.3 Å². The Kier molecular flexibility index (Phi) is 4.97. The highest BCUT2D eigenvalue weighted by atomic mass is 16.5. The summed E-state index contributed by atoms with van der Waals surface area (Å²) < 4.78 is 11.0. The number of benzene rings is 1. The number of carbonyl (C=O) groups excluding carboxylic acids is 2. The van der Waals surface area contributed by atoms with Crippen LogP contribution in [0.2, 0.25) is 0 Å². The molecule has 2 N–H and O–H groups in total. The van der Waals surface area contributed by atoms with E-state index in [1.54, 1.807) is 35.2 Å². The van der Waals surface area contributed by atoms with E-state index in [9.17, 15) is 9.59 Å². The summed E-state index contributed by atoms with van der Waals surface area (Å²) in [6.45, 7) is 4.89. The second kappa shape index (κ2) is 7.35. The first kappa shape index (κ1) is 17.6. The Balaban J connectivity index is 1.98. The molecule has 2 aromatic rings. The lowest BCUT2D eigenvalue weighted by molar-refractivity contribution is -0.131. The molecule has 0 aliphatic carbocycles. The van der Waals surface area contributed by atoms with Crippen LogP contribution >= 0.6 is 0 Å². The summed E-state index contributed by atoms with van der Waals surface area (Å²) in [4.78, 5) is 28.6. The third-order valence-electron chi connectivity index (χ3n) is 4.18. The Morgan fingerprint density at radius 3 is 2.69 bits per heavy atom. The summed E-state index contributed by atoms with van der Waals surface area (Å²) in [5.41, 5.74) is 6.86. The smallest absolute Gasteiger partial charge is 0.294 e. The van der Waals surface area contributed by atoms with Crippen LogP contribution in [0.15, 0.2) is 46.8 Å². The zero-order chi connectivity index (χ0) is 18.7. The highest BCUT2D eigenvalue weighted by molar-refractivity contribution is 6.12. The van der Waals surface area contributed by atoms with Crippen LogP contribution in [0, 0.1) is 0 Å². The maximum Gasteiger partial charge on any atom is 0.294 e. The van der Waals surface area contributed by atoms with E-state index < -0.39 is 5.91 Å². The second-order valence-electron chi connectivity index (χ2n) is 5.81. The number of carbonyl (C=O) groups is 2. The maximum absolute atomic E-state index is 12.9. The molecule has 7 nitrogen and oxygen atoms in total. The molecule has 0 spiro atoms. The number of likely N-dealkylation sites (N-methyl/N-ethyl adjacent to an activating group) is 1. The normalized spacial score (nSPS) is 14.9. The van der Waals surface area contributed by atoms with Gasteiger partial charge in [-0.25, -0.2) is 0 Å². The van der Waals surface area contributed by atoms with E-state index in [4.69, 9.17) is 14.9 Å². The standard InChI is InChI=1S/C19H21N3O4/c1-3-21(4-2)18(23)12-22-15-8-7-13(20)10-16(15)26-17(19(22)24)11-14-6-5-9-25-14/h5-11H,3-4,12,20H2,1-2H3/b17-11+. The summed E-state index contributed by atoms with van der Waals surface area (Å²) in [5.74, 6) is 0.445. The van der Waals surface area contributed by atoms with Gasteiger partial charge in [-0.15, -0.1) is 0 Å². The van der Waals surface area contributed by atoms with Crippen LogP contribution in [0.3, 0.4) is 0 Å². The van der Waals surface area contributed by atoms with Crippen LogP contribution in [0.1, 0.15) is 19.6 Å². The maximum atomic E-state index is 12.9. The molecule has 3 rings (SSSR count). The number of nitrogens with zero attached hydrogens (tertiary/aromatic N) is 2. The van der Waals surface area contributed by atoms with Gasteiger partial charge in [-0.3, -0.25) is 14.5 Å². The SMILES string of the molecule is CCN(CC)C(=O)CN1C(=O)/C(=C\c2ccco2)Oc2cc(N)ccc21. The average Bonchev–Trinajstić information content (AvgIpc) is 3.12. The van der Waals surface area contributed by atoms with Crippen molar-refractivity contribution in [2.45, 2.75) is 13.8 Å².